The minimum atomic E-state index is -4.40. The first-order valence-corrected chi connectivity index (χ1v) is 11.0. The number of nitrogens with zero attached hydrogens (tertiary/aromatic N) is 5. The van der Waals surface area contributed by atoms with Gasteiger partial charge in [0.15, 0.2) is 0 Å². The number of hydrogen-bond acceptors (Lipinski definition) is 7. The van der Waals surface area contributed by atoms with E-state index in [0.29, 0.717) is 37.7 Å². The highest BCUT2D eigenvalue weighted by Gasteiger charge is 2.31. The highest BCUT2D eigenvalue weighted by molar-refractivity contribution is 6.01. The highest BCUT2D eigenvalue weighted by Crippen LogP contribution is 2.30. The third-order valence-corrected chi connectivity index (χ3v) is 5.47. The van der Waals surface area contributed by atoms with Gasteiger partial charge in [-0.15, -0.1) is 0 Å². The van der Waals surface area contributed by atoms with Crippen molar-refractivity contribution in [2.45, 2.75) is 31.8 Å². The fourth-order valence-corrected chi connectivity index (χ4v) is 3.72. The second-order valence-corrected chi connectivity index (χ2v) is 8.11. The van der Waals surface area contributed by atoms with Crippen LogP contribution in [-0.4, -0.2) is 51.8 Å². The summed E-state index contributed by atoms with van der Waals surface area (Å²) in [6.07, 6.45) is -1.28. The quantitative estimate of drug-likeness (QED) is 0.397. The summed E-state index contributed by atoms with van der Waals surface area (Å²) in [5, 5.41) is 2.79. The van der Waals surface area contributed by atoms with Gasteiger partial charge in [-0.2, -0.15) is 13.2 Å². The van der Waals surface area contributed by atoms with Crippen LogP contribution < -0.4 is 16.0 Å². The van der Waals surface area contributed by atoms with Crippen LogP contribution >= 0.6 is 0 Å². The van der Waals surface area contributed by atoms with Crippen molar-refractivity contribution in [3.63, 3.8) is 0 Å². The fourth-order valence-electron chi connectivity index (χ4n) is 3.72. The van der Waals surface area contributed by atoms with E-state index in [0.717, 1.165) is 35.5 Å². The number of methoxy groups -OCH3 is 1. The molecule has 3 N–H and O–H groups in total. The summed E-state index contributed by atoms with van der Waals surface area (Å²) in [7, 11) is 3.53. The number of carbonyl (C=O) groups is 1. The van der Waals surface area contributed by atoms with Gasteiger partial charge in [-0.3, -0.25) is 4.79 Å². The number of nitrogen functional groups attached to an aromatic ring is 1. The first-order valence-electron chi connectivity index (χ1n) is 11.0. The molecule has 1 aliphatic rings. The zero-order valence-corrected chi connectivity index (χ0v) is 19.8. The lowest BCUT2D eigenvalue weighted by Gasteiger charge is -2.29. The molecule has 1 amide bonds. The van der Waals surface area contributed by atoms with E-state index in [4.69, 9.17) is 10.5 Å². The number of anilines is 3. The second-order valence-electron chi connectivity index (χ2n) is 8.11. The summed E-state index contributed by atoms with van der Waals surface area (Å²) >= 11 is 0. The summed E-state index contributed by atoms with van der Waals surface area (Å²) in [4.78, 5) is 24.7. The Bertz CT molecular complexity index is 1210. The summed E-state index contributed by atoms with van der Waals surface area (Å²) in [6, 6.07) is 3.77. The van der Waals surface area contributed by atoms with Crippen molar-refractivity contribution in [2.24, 2.45) is 7.05 Å². The Balaban J connectivity index is 0.000000275. The van der Waals surface area contributed by atoms with E-state index in [2.05, 4.69) is 26.8 Å². The summed E-state index contributed by atoms with van der Waals surface area (Å²) in [5.74, 6) is 0.287. The maximum Gasteiger partial charge on any atom is 0.419 e. The topological polar surface area (TPSA) is 111 Å². The fraction of sp³-hybridized carbons (Fsp3) is 0.391. The number of alkyl halides is 4. The Morgan fingerprint density at radius 1 is 1.33 bits per heavy atom. The smallest absolute Gasteiger partial charge is 0.380 e. The number of benzene rings is 1. The Hall–Kier alpha value is -3.74. The van der Waals surface area contributed by atoms with E-state index in [1.165, 1.54) is 6.08 Å². The predicted octanol–water partition coefficient (Wildman–Crippen LogP) is 3.86. The number of rotatable bonds is 5. The molecule has 1 saturated heterocycles. The van der Waals surface area contributed by atoms with Crippen molar-refractivity contribution < 1.29 is 27.1 Å². The molecule has 0 aliphatic carbocycles. The zero-order valence-electron chi connectivity index (χ0n) is 19.8. The lowest BCUT2D eigenvalue weighted by Crippen LogP contribution is -2.37. The van der Waals surface area contributed by atoms with Gasteiger partial charge in [0, 0.05) is 44.3 Å². The number of imidazole rings is 1. The maximum absolute atomic E-state index is 13.8. The number of ether oxygens (including phenoxy) is 1. The molecule has 4 rings (SSSR count). The van der Waals surface area contributed by atoms with Crippen LogP contribution in [0.5, 0.6) is 0 Å². The first-order chi connectivity index (χ1) is 17.0. The van der Waals surface area contributed by atoms with Gasteiger partial charge in [-0.05, 0) is 31.1 Å². The van der Waals surface area contributed by atoms with Crippen LogP contribution in [0.4, 0.5) is 35.1 Å². The molecule has 1 aliphatic heterocycles. The van der Waals surface area contributed by atoms with Gasteiger partial charge in [0.1, 0.15) is 6.17 Å². The van der Waals surface area contributed by atoms with Crippen LogP contribution in [0.1, 0.15) is 24.0 Å². The molecule has 0 spiro atoms. The van der Waals surface area contributed by atoms with Crippen molar-refractivity contribution in [2.75, 3.05) is 36.1 Å². The van der Waals surface area contributed by atoms with E-state index >= 15 is 0 Å². The van der Waals surface area contributed by atoms with Gasteiger partial charge < -0.3 is 25.3 Å². The molecular formula is C23H27F4N7O2. The van der Waals surface area contributed by atoms with Gasteiger partial charge in [0.25, 0.3) is 0 Å². The normalized spacial score (nSPS) is 15.8. The monoisotopic (exact) mass is 509 g/mol. The van der Waals surface area contributed by atoms with Crippen LogP contribution in [0.15, 0.2) is 37.2 Å². The second kappa shape index (κ2) is 11.3. The van der Waals surface area contributed by atoms with Crippen LogP contribution in [0.2, 0.25) is 0 Å². The highest BCUT2D eigenvalue weighted by atomic mass is 19.4. The molecule has 0 radical (unpaired) electrons. The average Bonchev–Trinajstić information content (AvgIpc) is 3.15. The molecule has 36 heavy (non-hydrogen) atoms. The van der Waals surface area contributed by atoms with Crippen LogP contribution in [0, 0.1) is 0 Å². The van der Waals surface area contributed by atoms with E-state index in [9.17, 15) is 22.4 Å². The van der Waals surface area contributed by atoms with Gasteiger partial charge >= 0.3 is 6.18 Å². The molecule has 0 bridgehead atoms. The van der Waals surface area contributed by atoms with Crippen molar-refractivity contribution in [1.29, 1.82) is 0 Å². The Labute approximate surface area is 205 Å². The molecule has 0 saturated carbocycles. The number of aromatic nitrogens is 4. The predicted molar refractivity (Wildman–Crippen MR) is 128 cm³/mol. The van der Waals surface area contributed by atoms with Crippen molar-refractivity contribution >= 4 is 34.5 Å². The number of carbonyl (C=O) groups excluding carboxylic acids is 1. The summed E-state index contributed by atoms with van der Waals surface area (Å²) < 4.78 is 56.4. The molecule has 2 aromatic heterocycles. The van der Waals surface area contributed by atoms with Crippen LogP contribution in [-0.2, 0) is 29.4 Å². The molecule has 3 heterocycles. The van der Waals surface area contributed by atoms with Gasteiger partial charge in [-0.25, -0.2) is 19.3 Å². The molecule has 3 aromatic rings. The van der Waals surface area contributed by atoms with E-state index in [1.807, 2.05) is 28.6 Å². The van der Waals surface area contributed by atoms with Crippen molar-refractivity contribution in [3.8, 4) is 0 Å². The molecule has 1 atom stereocenters. The molecule has 13 heteroatoms. The number of fused-ring (bicyclic) bond motifs is 1. The molecule has 194 valence electrons. The lowest BCUT2D eigenvalue weighted by molar-refractivity contribution is -0.138. The number of nitrogens with one attached hydrogen (secondary N) is 1. The van der Waals surface area contributed by atoms with Crippen molar-refractivity contribution in [3.05, 3.63) is 48.3 Å². The number of aryl methyl sites for hydroxylation is 1. The number of piperidine rings is 1. The molecule has 1 unspecified atom stereocenters. The van der Waals surface area contributed by atoms with Crippen LogP contribution in [0.3, 0.4) is 0 Å². The van der Waals surface area contributed by atoms with Gasteiger partial charge in [0.2, 0.25) is 17.8 Å². The molecule has 9 nitrogen and oxygen atoms in total. The number of nitrogens with two attached hydrogens (primary N) is 1. The van der Waals surface area contributed by atoms with Gasteiger partial charge in [0.05, 0.1) is 29.7 Å². The standard InChI is InChI=1S/C18H23FN4O2.C5H4F3N3/c1-4-17(24)20-14-9-15-16(8-12(14)11-25-3)22(2)18(21-15)23-7-5-6-13(19)10-23;6-5(7,8)3-1-10-4(9)11-2-3/h4,8-9,13H,1,5-7,10-11H2,2-3H3,(H,20,24);1-2H,(H2,9,10,11). The van der Waals surface area contributed by atoms with Gasteiger partial charge in [-0.1, -0.05) is 6.58 Å². The third-order valence-electron chi connectivity index (χ3n) is 5.47. The van der Waals surface area contributed by atoms with E-state index < -0.39 is 17.9 Å². The average molecular weight is 510 g/mol. The minimum absolute atomic E-state index is 0.169. The SMILES string of the molecule is C=CC(=O)Nc1cc2nc(N3CCCC(F)C3)n(C)c2cc1COC.Nc1ncc(C(F)(F)F)cn1. The zero-order chi connectivity index (χ0) is 26.5. The lowest BCUT2D eigenvalue weighted by atomic mass is 10.1. The number of amides is 1. The molecular weight excluding hydrogens is 482 g/mol. The number of halogens is 4. The third kappa shape index (κ3) is 6.47. The largest absolute Gasteiger partial charge is 0.419 e. The maximum atomic E-state index is 13.8. The molecule has 1 fully saturated rings. The summed E-state index contributed by atoms with van der Waals surface area (Å²) in [5.41, 5.74) is 7.24. The van der Waals surface area contributed by atoms with Crippen LogP contribution in [0.25, 0.3) is 11.0 Å². The number of hydrogen-bond donors (Lipinski definition) is 2. The summed E-state index contributed by atoms with van der Waals surface area (Å²) in [6.45, 7) is 4.99. The van der Waals surface area contributed by atoms with E-state index in [1.54, 1.807) is 7.11 Å². The Morgan fingerprint density at radius 3 is 2.61 bits per heavy atom. The minimum Gasteiger partial charge on any atom is -0.380 e. The molecule has 1 aromatic carbocycles. The Kier molecular flexibility index (Phi) is 8.45. The Morgan fingerprint density at radius 2 is 2.03 bits per heavy atom. The van der Waals surface area contributed by atoms with E-state index in [-0.39, 0.29) is 11.9 Å². The van der Waals surface area contributed by atoms with Crippen molar-refractivity contribution in [1.82, 2.24) is 19.5 Å². The first kappa shape index (κ1) is 26.9.